The molecular formula is C76H73BBr2ClK2N11O13S4. The van der Waals surface area contributed by atoms with E-state index in [0.29, 0.717) is 57.6 Å². The van der Waals surface area contributed by atoms with Crippen molar-refractivity contribution in [1.29, 1.82) is 10.5 Å². The van der Waals surface area contributed by atoms with Gasteiger partial charge in [0.2, 0.25) is 5.28 Å². The first kappa shape index (κ1) is 97.8. The maximum absolute atomic E-state index is 12.2. The van der Waals surface area contributed by atoms with Crippen LogP contribution in [0, 0.1) is 29.2 Å². The molecule has 0 aliphatic carbocycles. The molecule has 4 heterocycles. The molecule has 0 radical (unpaired) electrons. The fraction of sp³-hybridized carbons (Fsp3) is 0.237. The number of thioether (sulfide) groups is 3. The van der Waals surface area contributed by atoms with E-state index >= 15 is 0 Å². The van der Waals surface area contributed by atoms with Gasteiger partial charge < -0.3 is 40.9 Å². The summed E-state index contributed by atoms with van der Waals surface area (Å²) in [5, 5.41) is 58.5. The van der Waals surface area contributed by atoms with E-state index in [0.717, 1.165) is 86.6 Å². The summed E-state index contributed by atoms with van der Waals surface area (Å²) in [4.78, 5) is 95.3. The van der Waals surface area contributed by atoms with Gasteiger partial charge in [-0.05, 0) is 173 Å². The number of hydrogen-bond acceptors (Lipinski definition) is 26. The molecule has 560 valence electrons. The van der Waals surface area contributed by atoms with Gasteiger partial charge in [0, 0.05) is 66.4 Å². The number of carbonyl (C=O) groups excluding carboxylic acids is 4. The minimum absolute atomic E-state index is 0. The molecule has 0 atom stereocenters. The van der Waals surface area contributed by atoms with Gasteiger partial charge in [-0.25, -0.2) is 44.7 Å². The van der Waals surface area contributed by atoms with Crippen LogP contribution in [0.2, 0.25) is 5.28 Å². The van der Waals surface area contributed by atoms with Crippen LogP contribution in [0.5, 0.6) is 0 Å². The number of nitrogens with zero attached hydrogens (tertiary/aromatic N) is 11. The summed E-state index contributed by atoms with van der Waals surface area (Å²) in [6, 6.07) is 48.3. The monoisotopic (exact) mass is 1760 g/mol. The molecule has 4 aromatic heterocycles. The number of aliphatic carboxylic acids is 1. The zero-order valence-electron chi connectivity index (χ0n) is 63.1. The summed E-state index contributed by atoms with van der Waals surface area (Å²) in [6.07, 6.45) is 6.93. The molecule has 3 N–H and O–H groups in total. The molecule has 0 bridgehead atoms. The number of carboxylic acids is 1. The second-order valence-corrected chi connectivity index (χ2v) is 31.9. The summed E-state index contributed by atoms with van der Waals surface area (Å²) in [6.45, 7) is 26.8. The second-order valence-electron chi connectivity index (χ2n) is 23.9. The number of thiol groups is 1. The van der Waals surface area contributed by atoms with Crippen LogP contribution in [0.1, 0.15) is 88.7 Å². The molecule has 0 amide bonds. The van der Waals surface area contributed by atoms with Crippen molar-refractivity contribution in [1.82, 2.24) is 39.9 Å². The minimum atomic E-state index is -1.45. The quantitative estimate of drug-likeness (QED) is 0.00630. The number of benzene rings is 7. The third kappa shape index (κ3) is 30.8. The van der Waals surface area contributed by atoms with Crippen molar-refractivity contribution in [3.8, 4) is 34.4 Å². The predicted molar refractivity (Wildman–Crippen MR) is 430 cm³/mol. The van der Waals surface area contributed by atoms with E-state index in [2.05, 4.69) is 101 Å². The van der Waals surface area contributed by atoms with E-state index in [-0.39, 0.29) is 134 Å². The number of aromatic nitrogens is 8. The molecule has 24 nitrogen and oxygen atoms in total. The molecule has 0 aliphatic heterocycles. The number of ether oxygens (including phenoxy) is 3. The first-order valence-electron chi connectivity index (χ1n) is 32.3. The van der Waals surface area contributed by atoms with E-state index in [1.165, 1.54) is 35.7 Å². The van der Waals surface area contributed by atoms with E-state index in [4.69, 9.17) is 68.0 Å². The van der Waals surface area contributed by atoms with Gasteiger partial charge in [-0.15, -0.1) is 0 Å². The van der Waals surface area contributed by atoms with E-state index in [1.54, 1.807) is 123 Å². The zero-order valence-corrected chi connectivity index (χ0v) is 75.6. The number of carbonyl (C=O) groups is 5. The van der Waals surface area contributed by atoms with Crippen LogP contribution in [0.3, 0.4) is 0 Å². The number of para-hydroxylation sites is 4. The molecule has 0 fully saturated rings. The van der Waals surface area contributed by atoms with Crippen LogP contribution in [0.25, 0.3) is 70.7 Å². The first-order chi connectivity index (χ1) is 51.2. The number of rotatable bonds is 17. The van der Waals surface area contributed by atoms with Crippen molar-refractivity contribution in [2.24, 2.45) is 0 Å². The fourth-order valence-corrected chi connectivity index (χ4v) is 12.2. The Morgan fingerprint density at radius 1 is 0.564 bits per heavy atom. The Balaban J connectivity index is 0.000000462. The third-order valence-corrected chi connectivity index (χ3v) is 18.9. The Kier molecular flexibility index (Phi) is 42.6. The topological polar surface area (TPSA) is 361 Å². The van der Waals surface area contributed by atoms with Crippen LogP contribution in [0.15, 0.2) is 195 Å². The van der Waals surface area contributed by atoms with Crippen molar-refractivity contribution in [2.75, 3.05) is 19.8 Å². The summed E-state index contributed by atoms with van der Waals surface area (Å²) in [5.74, 6) is -1.74. The van der Waals surface area contributed by atoms with Gasteiger partial charge in [0.15, 0.2) is 21.2 Å². The Bertz CT molecular complexity index is 5080. The van der Waals surface area contributed by atoms with Crippen LogP contribution in [0.4, 0.5) is 5.69 Å². The maximum Gasteiger partial charge on any atom is 1.00 e. The molecule has 0 saturated heterocycles. The molecule has 7 aromatic carbocycles. The molecule has 34 heteroatoms. The van der Waals surface area contributed by atoms with Gasteiger partial charge in [-0.2, -0.15) is 23.2 Å². The summed E-state index contributed by atoms with van der Waals surface area (Å²) >= 11 is 20.2. The average molecular weight is 1760 g/mol. The zero-order chi connectivity index (χ0) is 79.9. The Morgan fingerprint density at radius 3 is 1.23 bits per heavy atom. The van der Waals surface area contributed by atoms with Gasteiger partial charge >= 0.3 is 134 Å². The van der Waals surface area contributed by atoms with Gasteiger partial charge in [0.1, 0.15) is 19.0 Å². The standard InChI is InChI=1S/C21H19N3O2S.C19H15N3O2S.C14H15BrN2O2S.C8H4BrClN2.C7H6BNO2.C6H12O2S.CH2O3.2K.H/c1-4-26-19(25)21(2,3)27-20-23-13-16-6-5-7-17(18(16)24-20)15-10-8-14(12-22)9-11-15;1-19(2,17(23)24)25-18-21-11-14-4-3-5-15(16(14)22-18)13-8-6-12(10-20)7-9-13;1-4-19-12(18)14(2,3)20-13-16-8-9-6-5-7-10(15)11(9)17-13;9-6-3-1-2-5-4-11-8(10)12-7(5)6;1-9-7-4-2-6(3-5-7)8(10)11;1-4-8-5(7)6(2,3)9;2-1-4-3;;;/h5-11,13H,4H2,1-3H3;3-9,11H,1-2H3,(H,23,24);5-8H,4H2,1-3H3;1-4H;2-5,10-11H;9H,4H2,1-3H3;1,3H;;;/q;;;;;;;2*+1;-1/p-1. The number of fused-ring (bicyclic) bond motifs is 4. The summed E-state index contributed by atoms with van der Waals surface area (Å²) in [7, 11) is -1.45. The molecule has 0 saturated carbocycles. The van der Waals surface area contributed by atoms with Gasteiger partial charge in [0.05, 0.1) is 71.7 Å². The molecular weight excluding hydrogens is 1690 g/mol. The van der Waals surface area contributed by atoms with Crippen molar-refractivity contribution >= 4 is 184 Å². The molecule has 11 rings (SSSR count). The van der Waals surface area contributed by atoms with Crippen LogP contribution < -0.4 is 113 Å². The fourth-order valence-electron chi connectivity index (χ4n) is 8.59. The number of esters is 3. The van der Waals surface area contributed by atoms with Crippen LogP contribution in [-0.2, 0) is 43.1 Å². The van der Waals surface area contributed by atoms with Crippen LogP contribution >= 0.6 is 91.4 Å². The molecule has 0 aliphatic rings. The molecule has 0 unspecified atom stereocenters. The molecule has 0 spiro atoms. The predicted octanol–water partition coefficient (Wildman–Crippen LogP) is 9.33. The largest absolute Gasteiger partial charge is 1.00 e. The van der Waals surface area contributed by atoms with Crippen molar-refractivity contribution in [3.63, 3.8) is 0 Å². The second kappa shape index (κ2) is 48.0. The molecule has 11 aromatic rings. The smallest absolute Gasteiger partial charge is 1.00 e. The van der Waals surface area contributed by atoms with Crippen molar-refractivity contribution in [3.05, 3.63) is 207 Å². The molecule has 110 heavy (non-hydrogen) atoms. The Labute approximate surface area is 763 Å². The third-order valence-electron chi connectivity index (χ3n) is 14.1. The summed E-state index contributed by atoms with van der Waals surface area (Å²) < 4.78 is 13.6. The number of halogens is 3. The first-order valence-corrected chi connectivity index (χ1v) is 37.2. The van der Waals surface area contributed by atoms with Gasteiger partial charge in [-0.3, -0.25) is 24.0 Å². The maximum atomic E-state index is 12.2. The van der Waals surface area contributed by atoms with Gasteiger partial charge in [0.25, 0.3) is 6.47 Å². The summed E-state index contributed by atoms with van der Waals surface area (Å²) in [5.41, 5.74) is 9.13. The number of hydrogen-bond donors (Lipinski definition) is 4. The van der Waals surface area contributed by atoms with Crippen molar-refractivity contribution in [2.45, 2.75) is 111 Å². The normalized spacial score (nSPS) is 10.5. The van der Waals surface area contributed by atoms with E-state index in [9.17, 15) is 24.3 Å². The minimum Gasteiger partial charge on any atom is -1.00 e. The Hall–Kier alpha value is -6.41. The van der Waals surface area contributed by atoms with E-state index < -0.39 is 32.1 Å². The number of carboxylic acid groups (broad SMARTS) is 1. The van der Waals surface area contributed by atoms with Crippen molar-refractivity contribution < 1.29 is 168 Å². The van der Waals surface area contributed by atoms with Gasteiger partial charge in [-0.1, -0.05) is 144 Å². The Morgan fingerprint density at radius 2 is 0.900 bits per heavy atom. The average Bonchev–Trinajstić information content (AvgIpc) is 0.797. The van der Waals surface area contributed by atoms with E-state index in [1.807, 2.05) is 111 Å². The SMILES string of the molecule is CC(C)(Sc1ncc2cccc(-c3ccc(C#N)cc3)c2n1)C(=O)O.CCOC(=O)C(C)(C)S.CCOC(=O)C(C)(C)Sc1ncc2cccc(-c3ccc(C#N)cc3)c2n1.CCOC(=O)C(C)(C)Sc1ncc2cccc(Br)c2n1.Clc1ncc2cccc(Br)c2n1.O=CO[O-].[C-]#[N+]c1ccc(B(O)O)cc1.[H-].[K+].[K+]. The number of nitriles is 2. The van der Waals surface area contributed by atoms with Crippen LogP contribution in [-0.4, -0.2) is 131 Å².